The van der Waals surface area contributed by atoms with Crippen molar-refractivity contribution in [3.8, 4) is 11.5 Å². The molecule has 0 aliphatic heterocycles. The summed E-state index contributed by atoms with van der Waals surface area (Å²) in [6, 6.07) is 4.77. The zero-order valence-corrected chi connectivity index (χ0v) is 12.2. The molecule has 0 unspecified atom stereocenters. The molecule has 124 valence electrons. The van der Waals surface area contributed by atoms with E-state index in [1.807, 2.05) is 0 Å². The first-order valence-corrected chi connectivity index (χ1v) is 6.37. The fourth-order valence-corrected chi connectivity index (χ4v) is 1.70. The molecule has 1 heterocycles. The molecule has 0 spiro atoms. The Morgan fingerprint density at radius 2 is 1.96 bits per heavy atom. The average molecular weight is 333 g/mol. The van der Waals surface area contributed by atoms with Gasteiger partial charge >= 0.3 is 0 Å². The van der Waals surface area contributed by atoms with Crippen LogP contribution >= 0.6 is 0 Å². The molecule has 24 heavy (non-hydrogen) atoms. The smallest absolute Gasteiger partial charge is 0.287 e. The first kappa shape index (κ1) is 16.6. The second-order valence-electron chi connectivity index (χ2n) is 4.37. The predicted octanol–water partition coefficient (Wildman–Crippen LogP) is 2.06. The van der Waals surface area contributed by atoms with E-state index in [0.29, 0.717) is 0 Å². The van der Waals surface area contributed by atoms with E-state index in [4.69, 9.17) is 4.74 Å². The predicted molar refractivity (Wildman–Crippen MR) is 83.4 cm³/mol. The van der Waals surface area contributed by atoms with Gasteiger partial charge in [0.05, 0.1) is 29.2 Å². The minimum atomic E-state index is -0.634. The van der Waals surface area contributed by atoms with Gasteiger partial charge in [0.2, 0.25) is 0 Å². The van der Waals surface area contributed by atoms with E-state index in [1.165, 1.54) is 19.2 Å². The molecule has 1 aromatic carbocycles. The van der Waals surface area contributed by atoms with Crippen molar-refractivity contribution in [1.29, 1.82) is 0 Å². The van der Waals surface area contributed by atoms with Crippen LogP contribution in [0, 0.1) is 20.2 Å². The van der Waals surface area contributed by atoms with Crippen LogP contribution in [-0.2, 0) is 0 Å². The van der Waals surface area contributed by atoms with Crippen molar-refractivity contribution in [1.82, 2.24) is 4.98 Å². The summed E-state index contributed by atoms with van der Waals surface area (Å²) >= 11 is 0. The number of methoxy groups -OCH3 is 1. The van der Waals surface area contributed by atoms with Crippen molar-refractivity contribution in [2.24, 2.45) is 5.10 Å². The molecule has 0 saturated heterocycles. The molecule has 0 aliphatic carbocycles. The quantitative estimate of drug-likeness (QED) is 0.462. The van der Waals surface area contributed by atoms with E-state index < -0.39 is 9.85 Å². The van der Waals surface area contributed by atoms with Gasteiger partial charge in [-0.2, -0.15) is 5.10 Å². The van der Waals surface area contributed by atoms with Crippen LogP contribution < -0.4 is 10.2 Å². The highest BCUT2D eigenvalue weighted by Gasteiger charge is 2.15. The van der Waals surface area contributed by atoms with E-state index in [1.54, 1.807) is 0 Å². The minimum Gasteiger partial charge on any atom is -0.504 e. The average Bonchev–Trinajstić information content (AvgIpc) is 2.56. The molecule has 0 saturated carbocycles. The van der Waals surface area contributed by atoms with Crippen LogP contribution in [0.5, 0.6) is 11.5 Å². The van der Waals surface area contributed by atoms with Crippen LogP contribution in [0.4, 0.5) is 17.2 Å². The van der Waals surface area contributed by atoms with E-state index >= 15 is 0 Å². The number of rotatable bonds is 6. The van der Waals surface area contributed by atoms with E-state index in [0.717, 1.165) is 24.5 Å². The molecule has 2 aromatic rings. The third-order valence-electron chi connectivity index (χ3n) is 2.86. The first-order chi connectivity index (χ1) is 11.4. The normalized spacial score (nSPS) is 10.5. The molecule has 11 heteroatoms. The fraction of sp³-hybridized carbons (Fsp3) is 0.0769. The van der Waals surface area contributed by atoms with Crippen molar-refractivity contribution < 1.29 is 19.7 Å². The molecule has 0 aliphatic rings. The molecular weight excluding hydrogens is 322 g/mol. The topological polar surface area (TPSA) is 153 Å². The number of phenols is 1. The number of phenolic OH excluding ortho intramolecular Hbond substituents is 1. The van der Waals surface area contributed by atoms with Gasteiger partial charge in [-0.3, -0.25) is 25.7 Å². The lowest BCUT2D eigenvalue weighted by Crippen LogP contribution is -1.97. The van der Waals surface area contributed by atoms with Gasteiger partial charge in [0.15, 0.2) is 11.5 Å². The van der Waals surface area contributed by atoms with Gasteiger partial charge in [0.25, 0.3) is 11.4 Å². The molecule has 2 rings (SSSR count). The number of anilines is 1. The zero-order chi connectivity index (χ0) is 17.7. The van der Waals surface area contributed by atoms with Crippen LogP contribution in [0.25, 0.3) is 0 Å². The van der Waals surface area contributed by atoms with Gasteiger partial charge in [-0.25, -0.2) is 4.98 Å². The Kier molecular flexibility index (Phi) is 4.84. The second-order valence-corrected chi connectivity index (χ2v) is 4.37. The van der Waals surface area contributed by atoms with E-state index in [-0.39, 0.29) is 34.3 Å². The van der Waals surface area contributed by atoms with Crippen molar-refractivity contribution >= 4 is 23.4 Å². The van der Waals surface area contributed by atoms with Crippen LogP contribution in [0.3, 0.4) is 0 Å². The molecule has 0 bridgehead atoms. The van der Waals surface area contributed by atoms with Gasteiger partial charge in [0.1, 0.15) is 12.0 Å². The standard InChI is InChI=1S/C13H11N5O6/c1-24-11-5-10(18(22)23)4-8(13(11)19)6-15-16-12-3-2-9(7-14-12)17(20)21/h2-7,19H,1H3,(H,14,16)/b15-6-. The molecule has 0 fully saturated rings. The Morgan fingerprint density at radius 1 is 1.25 bits per heavy atom. The third kappa shape index (κ3) is 3.71. The van der Waals surface area contributed by atoms with Crippen molar-refractivity contribution in [3.63, 3.8) is 0 Å². The van der Waals surface area contributed by atoms with Gasteiger partial charge in [-0.15, -0.1) is 0 Å². The number of nitrogens with one attached hydrogen (secondary N) is 1. The van der Waals surface area contributed by atoms with E-state index in [9.17, 15) is 25.3 Å². The molecule has 1 aromatic heterocycles. The molecular formula is C13H11N5O6. The van der Waals surface area contributed by atoms with Crippen LogP contribution in [0.2, 0.25) is 0 Å². The Morgan fingerprint density at radius 3 is 2.50 bits per heavy atom. The van der Waals surface area contributed by atoms with Gasteiger partial charge in [0, 0.05) is 17.7 Å². The number of ether oxygens (including phenoxy) is 1. The number of hydrogen-bond acceptors (Lipinski definition) is 9. The lowest BCUT2D eigenvalue weighted by molar-refractivity contribution is -0.385. The van der Waals surface area contributed by atoms with Gasteiger partial charge in [-0.1, -0.05) is 0 Å². The van der Waals surface area contributed by atoms with Gasteiger partial charge < -0.3 is 9.84 Å². The summed E-state index contributed by atoms with van der Waals surface area (Å²) in [6.45, 7) is 0. The van der Waals surface area contributed by atoms with Gasteiger partial charge in [-0.05, 0) is 6.07 Å². The molecule has 11 nitrogen and oxygen atoms in total. The summed E-state index contributed by atoms with van der Waals surface area (Å²) in [5.74, 6) is -0.168. The summed E-state index contributed by atoms with van der Waals surface area (Å²) in [7, 11) is 1.26. The highest BCUT2D eigenvalue weighted by molar-refractivity contribution is 5.86. The number of pyridine rings is 1. The Labute approximate surface area is 134 Å². The maximum Gasteiger partial charge on any atom is 0.287 e. The Bertz CT molecular complexity index is 805. The number of nitro groups is 2. The summed E-state index contributed by atoms with van der Waals surface area (Å²) in [4.78, 5) is 23.9. The summed E-state index contributed by atoms with van der Waals surface area (Å²) in [6.07, 6.45) is 2.18. The van der Waals surface area contributed by atoms with Crippen molar-refractivity contribution in [2.45, 2.75) is 0 Å². The number of non-ortho nitro benzene ring substituents is 1. The number of benzene rings is 1. The number of hydrogen-bond donors (Lipinski definition) is 2. The lowest BCUT2D eigenvalue weighted by Gasteiger charge is -2.06. The number of hydrazone groups is 1. The maximum absolute atomic E-state index is 10.9. The first-order valence-electron chi connectivity index (χ1n) is 6.37. The number of aromatic hydroxyl groups is 1. The largest absolute Gasteiger partial charge is 0.504 e. The molecule has 0 amide bonds. The summed E-state index contributed by atoms with van der Waals surface area (Å²) in [5.41, 5.74) is 2.08. The van der Waals surface area contributed by atoms with Crippen LogP contribution in [-0.4, -0.2) is 33.3 Å². The second kappa shape index (κ2) is 7.00. The minimum absolute atomic E-state index is 0.0514. The molecule has 0 radical (unpaired) electrons. The maximum atomic E-state index is 10.9. The number of aromatic nitrogens is 1. The lowest BCUT2D eigenvalue weighted by atomic mass is 10.2. The van der Waals surface area contributed by atoms with Crippen molar-refractivity contribution in [3.05, 3.63) is 56.3 Å². The molecule has 0 atom stereocenters. The highest BCUT2D eigenvalue weighted by atomic mass is 16.6. The number of nitro benzene ring substituents is 1. The van der Waals surface area contributed by atoms with Crippen LogP contribution in [0.15, 0.2) is 35.6 Å². The Hall–Kier alpha value is -3.76. The summed E-state index contributed by atoms with van der Waals surface area (Å²) in [5, 5.41) is 35.1. The highest BCUT2D eigenvalue weighted by Crippen LogP contribution is 2.33. The van der Waals surface area contributed by atoms with Crippen molar-refractivity contribution in [2.75, 3.05) is 12.5 Å². The summed E-state index contributed by atoms with van der Waals surface area (Å²) < 4.78 is 4.86. The third-order valence-corrected chi connectivity index (χ3v) is 2.86. The monoisotopic (exact) mass is 333 g/mol. The van der Waals surface area contributed by atoms with Crippen LogP contribution in [0.1, 0.15) is 5.56 Å². The SMILES string of the molecule is COc1cc([N+](=O)[O-])cc(/C=N\Nc2ccc([N+](=O)[O-])cn2)c1O. The zero-order valence-electron chi connectivity index (χ0n) is 12.2. The molecule has 2 N–H and O–H groups in total. The number of nitrogens with zero attached hydrogens (tertiary/aromatic N) is 4. The fourth-order valence-electron chi connectivity index (χ4n) is 1.70. The van der Waals surface area contributed by atoms with E-state index in [2.05, 4.69) is 15.5 Å². The Balaban J connectivity index is 2.20.